The predicted molar refractivity (Wildman–Crippen MR) is 88.5 cm³/mol. The normalized spacial score (nSPS) is 11.4. The molecule has 0 saturated carbocycles. The van der Waals surface area contributed by atoms with Crippen molar-refractivity contribution in [3.05, 3.63) is 12.3 Å². The molecular formula is C18H38O. The molecule has 1 atom stereocenters. The first-order chi connectivity index (χ1) is 9.17. The number of hydrogen-bond donors (Lipinski definition) is 0. The number of hydrogen-bond acceptors (Lipinski definition) is 1. The largest absolute Gasteiger partial charge is 0.499 e. The van der Waals surface area contributed by atoms with Gasteiger partial charge in [-0.15, -0.1) is 0 Å². The van der Waals surface area contributed by atoms with Gasteiger partial charge in [-0.1, -0.05) is 79.2 Å². The van der Waals surface area contributed by atoms with Crippen molar-refractivity contribution < 1.29 is 4.74 Å². The van der Waals surface area contributed by atoms with Gasteiger partial charge >= 0.3 is 0 Å². The predicted octanol–water partition coefficient (Wildman–Crippen LogP) is 6.73. The molecule has 1 nitrogen and oxygen atoms in total. The van der Waals surface area contributed by atoms with Crippen LogP contribution >= 0.6 is 0 Å². The summed E-state index contributed by atoms with van der Waals surface area (Å²) in [5.74, 6) is 1.62. The molecule has 0 rings (SSSR count). The molecule has 0 radical (unpaired) electrons. The fraction of sp³-hybridized carbons (Fsp3) is 0.889. The quantitative estimate of drug-likeness (QED) is 0.299. The second kappa shape index (κ2) is 17.5. The summed E-state index contributed by atoms with van der Waals surface area (Å²) in [5.41, 5.74) is 0. The second-order valence-electron chi connectivity index (χ2n) is 5.29. The molecule has 0 fully saturated rings. The van der Waals surface area contributed by atoms with Crippen molar-refractivity contribution in [2.24, 2.45) is 5.92 Å². The molecule has 116 valence electrons. The van der Waals surface area contributed by atoms with E-state index in [-0.39, 0.29) is 0 Å². The van der Waals surface area contributed by atoms with Gasteiger partial charge in [-0.3, -0.25) is 0 Å². The third-order valence-corrected chi connectivity index (χ3v) is 3.10. The number of allylic oxidation sites excluding steroid dienone is 1. The molecule has 1 unspecified atom stereocenters. The third-order valence-electron chi connectivity index (χ3n) is 3.10. The summed E-state index contributed by atoms with van der Waals surface area (Å²) in [6, 6.07) is 0. The summed E-state index contributed by atoms with van der Waals surface area (Å²) in [5, 5.41) is 0. The van der Waals surface area contributed by atoms with Gasteiger partial charge in [0.1, 0.15) is 0 Å². The number of ether oxygens (including phenoxy) is 1. The standard InChI is InChI=1S/C15H30O.C3H8/c1-5-8-10-11-13-15(12-9-6-2)14(4)16-7-3;1-3-2/h15H,4-13H2,1-3H3;3H2,1-2H3. The zero-order valence-corrected chi connectivity index (χ0v) is 14.3. The SMILES string of the molecule is C=C(OCC)C(CCCC)CCCCCC.CCC. The van der Waals surface area contributed by atoms with Crippen molar-refractivity contribution in [3.8, 4) is 0 Å². The fourth-order valence-corrected chi connectivity index (χ4v) is 2.04. The Morgan fingerprint density at radius 2 is 1.37 bits per heavy atom. The average Bonchev–Trinajstić information content (AvgIpc) is 2.39. The van der Waals surface area contributed by atoms with E-state index in [4.69, 9.17) is 4.74 Å². The molecule has 0 spiro atoms. The monoisotopic (exact) mass is 270 g/mol. The minimum Gasteiger partial charge on any atom is -0.499 e. The first-order valence-electron chi connectivity index (χ1n) is 8.49. The Labute approximate surface area is 122 Å². The summed E-state index contributed by atoms with van der Waals surface area (Å²) in [4.78, 5) is 0. The van der Waals surface area contributed by atoms with E-state index in [9.17, 15) is 0 Å². The first-order valence-corrected chi connectivity index (χ1v) is 8.49. The van der Waals surface area contributed by atoms with E-state index in [1.54, 1.807) is 0 Å². The molecule has 0 bridgehead atoms. The van der Waals surface area contributed by atoms with E-state index in [0.29, 0.717) is 5.92 Å². The lowest BCUT2D eigenvalue weighted by atomic mass is 9.94. The molecule has 0 saturated heterocycles. The number of unbranched alkanes of at least 4 members (excludes halogenated alkanes) is 4. The van der Waals surface area contributed by atoms with E-state index >= 15 is 0 Å². The lowest BCUT2D eigenvalue weighted by molar-refractivity contribution is 0.181. The van der Waals surface area contributed by atoms with Crippen molar-refractivity contribution in [2.75, 3.05) is 6.61 Å². The van der Waals surface area contributed by atoms with Crippen molar-refractivity contribution >= 4 is 0 Å². The summed E-state index contributed by atoms with van der Waals surface area (Å²) in [6.07, 6.45) is 11.7. The molecule has 0 aliphatic heterocycles. The Morgan fingerprint density at radius 3 is 1.84 bits per heavy atom. The van der Waals surface area contributed by atoms with E-state index < -0.39 is 0 Å². The molecule has 0 aromatic heterocycles. The van der Waals surface area contributed by atoms with Gasteiger partial charge in [-0.05, 0) is 19.8 Å². The maximum atomic E-state index is 5.56. The third kappa shape index (κ3) is 15.5. The van der Waals surface area contributed by atoms with Crippen LogP contribution in [-0.2, 0) is 4.74 Å². The maximum Gasteiger partial charge on any atom is 0.0918 e. The smallest absolute Gasteiger partial charge is 0.0918 e. The van der Waals surface area contributed by atoms with Crippen molar-refractivity contribution in [1.29, 1.82) is 0 Å². The van der Waals surface area contributed by atoms with Gasteiger partial charge in [0.15, 0.2) is 0 Å². The van der Waals surface area contributed by atoms with Crippen LogP contribution in [0.15, 0.2) is 12.3 Å². The Hall–Kier alpha value is -0.460. The highest BCUT2D eigenvalue weighted by atomic mass is 16.5. The lowest BCUT2D eigenvalue weighted by Crippen LogP contribution is -2.07. The van der Waals surface area contributed by atoms with Gasteiger partial charge in [-0.25, -0.2) is 0 Å². The van der Waals surface area contributed by atoms with Crippen LogP contribution in [0.4, 0.5) is 0 Å². The molecule has 0 aromatic rings. The summed E-state index contributed by atoms with van der Waals surface area (Å²) < 4.78 is 5.56. The van der Waals surface area contributed by atoms with Crippen LogP contribution in [0.5, 0.6) is 0 Å². The van der Waals surface area contributed by atoms with Gasteiger partial charge < -0.3 is 4.74 Å². The molecule has 0 heterocycles. The maximum absolute atomic E-state index is 5.56. The van der Waals surface area contributed by atoms with Crippen LogP contribution in [0, 0.1) is 5.92 Å². The van der Waals surface area contributed by atoms with E-state index in [1.165, 1.54) is 57.8 Å². The minimum atomic E-state index is 0.594. The summed E-state index contributed by atoms with van der Waals surface area (Å²) in [6.45, 7) is 15.6. The van der Waals surface area contributed by atoms with Crippen LogP contribution in [0.3, 0.4) is 0 Å². The van der Waals surface area contributed by atoms with Gasteiger partial charge in [0, 0.05) is 5.92 Å². The highest BCUT2D eigenvalue weighted by Crippen LogP contribution is 2.24. The van der Waals surface area contributed by atoms with Crippen LogP contribution in [-0.4, -0.2) is 6.61 Å². The van der Waals surface area contributed by atoms with Crippen LogP contribution in [0.1, 0.15) is 92.4 Å². The highest BCUT2D eigenvalue weighted by Gasteiger charge is 2.12. The molecule has 0 aromatic carbocycles. The molecule has 19 heavy (non-hydrogen) atoms. The Bertz CT molecular complexity index is 175. The van der Waals surface area contributed by atoms with Crippen LogP contribution < -0.4 is 0 Å². The van der Waals surface area contributed by atoms with Gasteiger partial charge in [0.25, 0.3) is 0 Å². The fourth-order valence-electron chi connectivity index (χ4n) is 2.04. The topological polar surface area (TPSA) is 9.23 Å². The van der Waals surface area contributed by atoms with Crippen molar-refractivity contribution in [2.45, 2.75) is 92.4 Å². The van der Waals surface area contributed by atoms with E-state index in [1.807, 2.05) is 6.92 Å². The Morgan fingerprint density at radius 1 is 0.842 bits per heavy atom. The van der Waals surface area contributed by atoms with Gasteiger partial charge in [-0.2, -0.15) is 0 Å². The summed E-state index contributed by atoms with van der Waals surface area (Å²) >= 11 is 0. The van der Waals surface area contributed by atoms with Crippen LogP contribution in [0.25, 0.3) is 0 Å². The van der Waals surface area contributed by atoms with Crippen molar-refractivity contribution in [1.82, 2.24) is 0 Å². The second-order valence-corrected chi connectivity index (χ2v) is 5.29. The van der Waals surface area contributed by atoms with Gasteiger partial charge in [0.05, 0.1) is 12.4 Å². The molecule has 0 N–H and O–H groups in total. The molecule has 0 aliphatic rings. The molecule has 0 aliphatic carbocycles. The summed E-state index contributed by atoms with van der Waals surface area (Å²) in [7, 11) is 0. The lowest BCUT2D eigenvalue weighted by Gasteiger charge is -2.19. The van der Waals surface area contributed by atoms with Gasteiger partial charge in [0.2, 0.25) is 0 Å². The highest BCUT2D eigenvalue weighted by molar-refractivity contribution is 4.91. The Balaban J connectivity index is 0. The Kier molecular flexibility index (Phi) is 19.2. The zero-order valence-electron chi connectivity index (χ0n) is 14.3. The first kappa shape index (κ1) is 20.8. The minimum absolute atomic E-state index is 0.594. The molecule has 1 heteroatoms. The van der Waals surface area contributed by atoms with E-state index in [0.717, 1.165) is 12.4 Å². The molecular weight excluding hydrogens is 232 g/mol. The van der Waals surface area contributed by atoms with Crippen LogP contribution in [0.2, 0.25) is 0 Å². The average molecular weight is 271 g/mol. The molecule has 0 amide bonds. The van der Waals surface area contributed by atoms with E-state index in [2.05, 4.69) is 34.3 Å². The van der Waals surface area contributed by atoms with Crippen molar-refractivity contribution in [3.63, 3.8) is 0 Å². The zero-order chi connectivity index (χ0) is 14.9. The number of rotatable bonds is 11.